The van der Waals surface area contributed by atoms with Crippen LogP contribution in [0.15, 0.2) is 12.2 Å². The zero-order valence-corrected chi connectivity index (χ0v) is 11.4. The van der Waals surface area contributed by atoms with Gasteiger partial charge in [0.25, 0.3) is 5.24 Å². The standard InChI is InChI=1S/C14H23NOS/c1-11-7-5-6-10-13(11)15(14(16)17)12-8-3-2-4-9-12/h12-13H,1-10H2,(H,16,17). The lowest BCUT2D eigenvalue weighted by Gasteiger charge is -2.41. The summed E-state index contributed by atoms with van der Waals surface area (Å²) in [6.45, 7) is 4.17. The van der Waals surface area contributed by atoms with Crippen LogP contribution in [0.5, 0.6) is 0 Å². The molecule has 0 spiro atoms. The highest BCUT2D eigenvalue weighted by Crippen LogP contribution is 2.33. The molecule has 0 radical (unpaired) electrons. The molecule has 0 heterocycles. The number of carbonyl (C=O) groups excluding carboxylic acids is 1. The van der Waals surface area contributed by atoms with Gasteiger partial charge < -0.3 is 4.90 Å². The normalized spacial score (nSPS) is 26.9. The Balaban J connectivity index is 2.09. The topological polar surface area (TPSA) is 20.3 Å². The van der Waals surface area contributed by atoms with Crippen molar-refractivity contribution in [1.82, 2.24) is 4.90 Å². The highest BCUT2D eigenvalue weighted by Gasteiger charge is 2.32. The Morgan fingerprint density at radius 2 is 1.76 bits per heavy atom. The first-order valence-corrected chi connectivity index (χ1v) is 7.34. The summed E-state index contributed by atoms with van der Waals surface area (Å²) in [6, 6.07) is 0.672. The molecule has 3 heteroatoms. The van der Waals surface area contributed by atoms with E-state index >= 15 is 0 Å². The van der Waals surface area contributed by atoms with E-state index in [0.717, 1.165) is 25.7 Å². The fraction of sp³-hybridized carbons (Fsp3) is 0.786. The Morgan fingerprint density at radius 3 is 2.35 bits per heavy atom. The summed E-state index contributed by atoms with van der Waals surface area (Å²) in [7, 11) is 0. The molecule has 1 unspecified atom stereocenters. The van der Waals surface area contributed by atoms with Crippen molar-refractivity contribution in [2.24, 2.45) is 0 Å². The van der Waals surface area contributed by atoms with Gasteiger partial charge >= 0.3 is 0 Å². The molecule has 0 N–H and O–H groups in total. The van der Waals surface area contributed by atoms with Crippen LogP contribution in [0.4, 0.5) is 4.79 Å². The van der Waals surface area contributed by atoms with Crippen molar-refractivity contribution >= 4 is 17.9 Å². The number of carbonyl (C=O) groups is 1. The Labute approximate surface area is 110 Å². The molecule has 2 aliphatic rings. The maximum atomic E-state index is 11.8. The summed E-state index contributed by atoms with van der Waals surface area (Å²) >= 11 is 4.10. The molecule has 1 atom stereocenters. The average Bonchev–Trinajstić information content (AvgIpc) is 2.33. The van der Waals surface area contributed by atoms with E-state index in [1.807, 2.05) is 4.90 Å². The molecular weight excluding hydrogens is 230 g/mol. The molecule has 2 saturated carbocycles. The van der Waals surface area contributed by atoms with E-state index < -0.39 is 0 Å². The molecule has 17 heavy (non-hydrogen) atoms. The summed E-state index contributed by atoms with van der Waals surface area (Å²) in [5.74, 6) is 0. The highest BCUT2D eigenvalue weighted by atomic mass is 32.1. The second kappa shape index (κ2) is 5.94. The van der Waals surface area contributed by atoms with E-state index in [2.05, 4.69) is 19.2 Å². The van der Waals surface area contributed by atoms with Gasteiger partial charge in [-0.05, 0) is 32.1 Å². The van der Waals surface area contributed by atoms with E-state index in [0.29, 0.717) is 6.04 Å². The summed E-state index contributed by atoms with van der Waals surface area (Å²) < 4.78 is 0. The van der Waals surface area contributed by atoms with E-state index in [1.165, 1.54) is 37.7 Å². The molecule has 0 aliphatic heterocycles. The summed E-state index contributed by atoms with van der Waals surface area (Å²) in [5, 5.41) is -0.0510. The minimum atomic E-state index is -0.0510. The van der Waals surface area contributed by atoms with E-state index in [9.17, 15) is 4.79 Å². The van der Waals surface area contributed by atoms with E-state index in [4.69, 9.17) is 0 Å². The Kier molecular flexibility index (Phi) is 4.55. The SMILES string of the molecule is C=C1CCCCC1N(C(=O)S)C1CCCCC1. The van der Waals surface area contributed by atoms with E-state index in [-0.39, 0.29) is 11.3 Å². The van der Waals surface area contributed by atoms with Gasteiger partial charge in [-0.3, -0.25) is 4.79 Å². The third-order valence-electron chi connectivity index (χ3n) is 4.22. The largest absolute Gasteiger partial charge is 0.324 e. The van der Waals surface area contributed by atoms with Gasteiger partial charge in [0, 0.05) is 6.04 Å². The first-order valence-electron chi connectivity index (χ1n) is 6.89. The Morgan fingerprint density at radius 1 is 1.12 bits per heavy atom. The van der Waals surface area contributed by atoms with Crippen LogP contribution in [0.3, 0.4) is 0 Å². The first kappa shape index (κ1) is 13.0. The second-order valence-electron chi connectivity index (χ2n) is 5.40. The van der Waals surface area contributed by atoms with Crippen molar-refractivity contribution in [2.45, 2.75) is 69.9 Å². The molecule has 0 aromatic carbocycles. The molecule has 0 saturated heterocycles. The van der Waals surface area contributed by atoms with Gasteiger partial charge in [-0.1, -0.05) is 50.5 Å². The number of hydrogen-bond donors (Lipinski definition) is 1. The predicted octanol–water partition coefficient (Wildman–Crippen LogP) is 4.17. The van der Waals surface area contributed by atoms with Crippen LogP contribution in [-0.2, 0) is 0 Å². The maximum Gasteiger partial charge on any atom is 0.279 e. The molecule has 0 aromatic rings. The van der Waals surface area contributed by atoms with Gasteiger partial charge in [-0.25, -0.2) is 0 Å². The monoisotopic (exact) mass is 253 g/mol. The van der Waals surface area contributed by atoms with E-state index in [1.54, 1.807) is 0 Å². The van der Waals surface area contributed by atoms with Crippen LogP contribution in [-0.4, -0.2) is 22.2 Å². The van der Waals surface area contributed by atoms with Crippen molar-refractivity contribution in [3.63, 3.8) is 0 Å². The Bertz CT molecular complexity index is 297. The van der Waals surface area contributed by atoms with Crippen molar-refractivity contribution in [3.05, 3.63) is 12.2 Å². The van der Waals surface area contributed by atoms with Crippen LogP contribution >= 0.6 is 12.6 Å². The first-order chi connectivity index (χ1) is 8.20. The predicted molar refractivity (Wildman–Crippen MR) is 74.5 cm³/mol. The maximum absolute atomic E-state index is 11.8. The van der Waals surface area contributed by atoms with Gasteiger partial charge in [0.15, 0.2) is 0 Å². The number of nitrogens with zero attached hydrogens (tertiary/aromatic N) is 1. The van der Waals surface area contributed by atoms with Crippen LogP contribution < -0.4 is 0 Å². The van der Waals surface area contributed by atoms with Gasteiger partial charge in [-0.15, -0.1) is 0 Å². The van der Waals surface area contributed by atoms with Crippen molar-refractivity contribution in [1.29, 1.82) is 0 Å². The van der Waals surface area contributed by atoms with Gasteiger partial charge in [0.05, 0.1) is 6.04 Å². The quantitative estimate of drug-likeness (QED) is 0.578. The molecule has 1 amide bonds. The second-order valence-corrected chi connectivity index (χ2v) is 5.78. The molecule has 96 valence electrons. The highest BCUT2D eigenvalue weighted by molar-refractivity contribution is 7.96. The fourth-order valence-corrected chi connectivity index (χ4v) is 3.60. The van der Waals surface area contributed by atoms with Crippen LogP contribution in [0.25, 0.3) is 0 Å². The fourth-order valence-electron chi connectivity index (χ4n) is 3.30. The van der Waals surface area contributed by atoms with Crippen LogP contribution in [0.2, 0.25) is 0 Å². The minimum absolute atomic E-state index is 0.0510. The van der Waals surface area contributed by atoms with Gasteiger partial charge in [0.2, 0.25) is 0 Å². The number of thiol groups is 1. The smallest absolute Gasteiger partial charge is 0.279 e. The zero-order chi connectivity index (χ0) is 12.3. The average molecular weight is 253 g/mol. The summed E-state index contributed by atoms with van der Waals surface area (Å²) in [4.78, 5) is 13.9. The van der Waals surface area contributed by atoms with Gasteiger partial charge in [0.1, 0.15) is 0 Å². The number of hydrogen-bond acceptors (Lipinski definition) is 1. The molecule has 2 aliphatic carbocycles. The molecule has 0 bridgehead atoms. The minimum Gasteiger partial charge on any atom is -0.324 e. The van der Waals surface area contributed by atoms with Crippen LogP contribution in [0.1, 0.15) is 57.8 Å². The number of amides is 1. The molecule has 0 aromatic heterocycles. The Hall–Kier alpha value is -0.440. The summed E-state index contributed by atoms with van der Waals surface area (Å²) in [6.07, 6.45) is 10.7. The van der Waals surface area contributed by atoms with Crippen molar-refractivity contribution in [2.75, 3.05) is 0 Å². The van der Waals surface area contributed by atoms with Crippen molar-refractivity contribution in [3.8, 4) is 0 Å². The van der Waals surface area contributed by atoms with Crippen molar-refractivity contribution < 1.29 is 4.79 Å². The number of rotatable bonds is 2. The van der Waals surface area contributed by atoms with Gasteiger partial charge in [-0.2, -0.15) is 0 Å². The lowest BCUT2D eigenvalue weighted by molar-refractivity contribution is 0.143. The lowest BCUT2D eigenvalue weighted by Crippen LogP contribution is -2.47. The molecular formula is C14H23NOS. The molecule has 2 rings (SSSR count). The third kappa shape index (κ3) is 3.06. The van der Waals surface area contributed by atoms with Crippen LogP contribution in [0, 0.1) is 0 Å². The third-order valence-corrected chi connectivity index (χ3v) is 4.45. The lowest BCUT2D eigenvalue weighted by atomic mass is 9.86. The molecule has 2 nitrogen and oxygen atoms in total. The zero-order valence-electron chi connectivity index (χ0n) is 10.5. The summed E-state index contributed by atoms with van der Waals surface area (Å²) in [5.41, 5.74) is 1.24. The molecule has 2 fully saturated rings.